The quantitative estimate of drug-likeness (QED) is 0.582. The van der Waals surface area contributed by atoms with Crippen LogP contribution in [-0.4, -0.2) is 0 Å². The summed E-state index contributed by atoms with van der Waals surface area (Å²) in [5.41, 5.74) is 5.07. The van der Waals surface area contributed by atoms with Crippen LogP contribution < -0.4 is 0 Å². The van der Waals surface area contributed by atoms with Crippen LogP contribution in [0.15, 0.2) is 35.4 Å². The van der Waals surface area contributed by atoms with Gasteiger partial charge in [0.2, 0.25) is 0 Å². The molecular formula is C14H16O. The minimum Gasteiger partial charge on any atom is -0.351 e. The van der Waals surface area contributed by atoms with Crippen LogP contribution in [0.2, 0.25) is 0 Å². The first kappa shape index (κ1) is 9.17. The summed E-state index contributed by atoms with van der Waals surface area (Å²) in [6, 6.07) is 8.58. The predicted molar refractivity (Wildman–Crippen MR) is 60.6 cm³/mol. The van der Waals surface area contributed by atoms with Crippen LogP contribution in [0.3, 0.4) is 0 Å². The fourth-order valence-corrected chi connectivity index (χ4v) is 3.11. The molecule has 0 unspecified atom stereocenters. The van der Waals surface area contributed by atoms with Gasteiger partial charge in [0.05, 0.1) is 0 Å². The third-order valence-corrected chi connectivity index (χ3v) is 4.36. The summed E-state index contributed by atoms with van der Waals surface area (Å²) in [7, 11) is 0. The highest BCUT2D eigenvalue weighted by molar-refractivity contribution is 5.56. The second-order valence-corrected chi connectivity index (χ2v) is 4.96. The van der Waals surface area contributed by atoms with E-state index in [1.54, 1.807) is 0 Å². The third-order valence-electron chi connectivity index (χ3n) is 4.36. The monoisotopic (exact) mass is 200 g/mol. The van der Waals surface area contributed by atoms with E-state index in [2.05, 4.69) is 52.0 Å². The molecule has 2 heterocycles. The Hall–Kier alpha value is -1.08. The summed E-state index contributed by atoms with van der Waals surface area (Å²) in [4.78, 5) is 0. The average Bonchev–Trinajstić information content (AvgIpc) is 2.57. The highest BCUT2D eigenvalue weighted by Crippen LogP contribution is 2.60. The largest absolute Gasteiger partial charge is 0.351 e. The Morgan fingerprint density at radius 3 is 1.67 bits per heavy atom. The van der Waals surface area contributed by atoms with Crippen LogP contribution in [0.4, 0.5) is 0 Å². The molecule has 1 aromatic carbocycles. The number of hydrogen-bond acceptors (Lipinski definition) is 1. The molecule has 0 amide bonds. The number of rotatable bonds is 0. The lowest BCUT2D eigenvalue weighted by atomic mass is 9.75. The van der Waals surface area contributed by atoms with Crippen LogP contribution in [0.1, 0.15) is 38.8 Å². The highest BCUT2D eigenvalue weighted by atomic mass is 16.5. The van der Waals surface area contributed by atoms with Gasteiger partial charge < -0.3 is 4.74 Å². The van der Waals surface area contributed by atoms with E-state index in [9.17, 15) is 0 Å². The number of fused-ring (bicyclic) bond motifs is 5. The Balaban J connectivity index is 2.38. The molecule has 0 N–H and O–H groups in total. The van der Waals surface area contributed by atoms with Gasteiger partial charge in [-0.15, -0.1) is 0 Å². The van der Waals surface area contributed by atoms with Crippen molar-refractivity contribution in [3.63, 3.8) is 0 Å². The van der Waals surface area contributed by atoms with Crippen molar-refractivity contribution in [3.05, 3.63) is 46.5 Å². The van der Waals surface area contributed by atoms with Gasteiger partial charge in [-0.1, -0.05) is 24.3 Å². The van der Waals surface area contributed by atoms with Crippen LogP contribution in [0.5, 0.6) is 0 Å². The molecule has 0 radical (unpaired) electrons. The van der Waals surface area contributed by atoms with Crippen molar-refractivity contribution in [2.75, 3.05) is 0 Å². The van der Waals surface area contributed by atoms with E-state index < -0.39 is 0 Å². The minimum absolute atomic E-state index is 0.185. The van der Waals surface area contributed by atoms with Crippen molar-refractivity contribution in [1.82, 2.24) is 0 Å². The third kappa shape index (κ3) is 0.799. The number of hydrogen-bond donors (Lipinski definition) is 0. The van der Waals surface area contributed by atoms with Gasteiger partial charge in [0.25, 0.3) is 0 Å². The molecule has 1 nitrogen and oxygen atoms in total. The standard InChI is InChI=1S/C14H16O/c1-9-10(2)14(4)12-8-6-5-7-11(12)13(9,3)15-14/h5-8H,1-4H3/t13-,14+. The maximum atomic E-state index is 6.27. The first-order valence-electron chi connectivity index (χ1n) is 5.49. The Kier molecular flexibility index (Phi) is 1.44. The van der Waals surface area contributed by atoms with Crippen molar-refractivity contribution in [1.29, 1.82) is 0 Å². The molecule has 15 heavy (non-hydrogen) atoms. The van der Waals surface area contributed by atoms with Gasteiger partial charge in [0.1, 0.15) is 11.2 Å². The van der Waals surface area contributed by atoms with Crippen molar-refractivity contribution in [2.45, 2.75) is 38.9 Å². The molecule has 0 aromatic heterocycles. The van der Waals surface area contributed by atoms with Gasteiger partial charge in [-0.2, -0.15) is 0 Å². The maximum absolute atomic E-state index is 6.27. The van der Waals surface area contributed by atoms with E-state index in [-0.39, 0.29) is 11.2 Å². The summed E-state index contributed by atoms with van der Waals surface area (Å²) in [5, 5.41) is 0. The molecule has 0 fully saturated rings. The van der Waals surface area contributed by atoms with E-state index in [0.717, 1.165) is 0 Å². The van der Waals surface area contributed by atoms with Crippen LogP contribution in [0, 0.1) is 0 Å². The fraction of sp³-hybridized carbons (Fsp3) is 0.429. The van der Waals surface area contributed by atoms with Crippen molar-refractivity contribution in [2.24, 2.45) is 0 Å². The molecule has 1 heteroatoms. The lowest BCUT2D eigenvalue weighted by molar-refractivity contribution is -0.0579. The Bertz CT molecular complexity index is 443. The topological polar surface area (TPSA) is 9.23 Å². The lowest BCUT2D eigenvalue weighted by Gasteiger charge is -2.25. The van der Waals surface area contributed by atoms with Crippen molar-refractivity contribution < 1.29 is 4.74 Å². The van der Waals surface area contributed by atoms with E-state index in [1.165, 1.54) is 22.3 Å². The molecule has 78 valence electrons. The fourth-order valence-electron chi connectivity index (χ4n) is 3.11. The average molecular weight is 200 g/mol. The summed E-state index contributed by atoms with van der Waals surface area (Å²) >= 11 is 0. The zero-order valence-corrected chi connectivity index (χ0v) is 9.72. The van der Waals surface area contributed by atoms with Gasteiger partial charge in [-0.3, -0.25) is 0 Å². The van der Waals surface area contributed by atoms with Crippen molar-refractivity contribution >= 4 is 0 Å². The molecule has 0 aliphatic carbocycles. The summed E-state index contributed by atoms with van der Waals surface area (Å²) in [6.45, 7) is 8.75. The van der Waals surface area contributed by atoms with Crippen LogP contribution in [0.25, 0.3) is 0 Å². The second-order valence-electron chi connectivity index (χ2n) is 4.96. The molecule has 0 saturated carbocycles. The summed E-state index contributed by atoms with van der Waals surface area (Å²) < 4.78 is 6.27. The van der Waals surface area contributed by atoms with Gasteiger partial charge in [0, 0.05) is 0 Å². The molecule has 0 spiro atoms. The molecule has 3 rings (SSSR count). The first-order valence-corrected chi connectivity index (χ1v) is 5.49. The predicted octanol–water partition coefficient (Wildman–Crippen LogP) is 3.50. The molecular weight excluding hydrogens is 184 g/mol. The molecule has 2 atom stereocenters. The van der Waals surface area contributed by atoms with E-state index in [4.69, 9.17) is 4.74 Å². The first-order chi connectivity index (χ1) is 7.00. The SMILES string of the molecule is CC1=C(C)[C@@]2(C)O[C@]1(C)c1ccccc12. The van der Waals surface area contributed by atoms with Gasteiger partial charge >= 0.3 is 0 Å². The smallest absolute Gasteiger partial charge is 0.113 e. The number of benzene rings is 1. The van der Waals surface area contributed by atoms with E-state index in [0.29, 0.717) is 0 Å². The van der Waals surface area contributed by atoms with E-state index >= 15 is 0 Å². The Morgan fingerprint density at radius 1 is 0.867 bits per heavy atom. The Morgan fingerprint density at radius 2 is 1.27 bits per heavy atom. The Labute approximate surface area is 90.8 Å². The highest BCUT2D eigenvalue weighted by Gasteiger charge is 2.56. The zero-order chi connectivity index (χ0) is 10.8. The molecule has 2 aliphatic rings. The van der Waals surface area contributed by atoms with Crippen LogP contribution >= 0.6 is 0 Å². The van der Waals surface area contributed by atoms with Gasteiger partial charge in [-0.25, -0.2) is 0 Å². The van der Waals surface area contributed by atoms with Gasteiger partial charge in [-0.05, 0) is 50.0 Å². The lowest BCUT2D eigenvalue weighted by Crippen LogP contribution is -2.20. The van der Waals surface area contributed by atoms with Crippen LogP contribution in [-0.2, 0) is 15.9 Å². The zero-order valence-electron chi connectivity index (χ0n) is 9.72. The second kappa shape index (κ2) is 2.35. The minimum atomic E-state index is -0.185. The number of ether oxygens (including phenoxy) is 1. The summed E-state index contributed by atoms with van der Waals surface area (Å²) in [6.07, 6.45) is 0. The maximum Gasteiger partial charge on any atom is 0.113 e. The molecule has 1 aromatic rings. The molecule has 2 aliphatic heterocycles. The normalized spacial score (nSPS) is 37.3. The molecule has 0 saturated heterocycles. The summed E-state index contributed by atoms with van der Waals surface area (Å²) in [5.74, 6) is 0. The van der Waals surface area contributed by atoms with Crippen molar-refractivity contribution in [3.8, 4) is 0 Å². The van der Waals surface area contributed by atoms with Gasteiger partial charge in [0.15, 0.2) is 0 Å². The molecule has 2 bridgehead atoms. The van der Waals surface area contributed by atoms with E-state index in [1.807, 2.05) is 0 Å².